The van der Waals surface area contributed by atoms with Crippen LogP contribution in [0.15, 0.2) is 57.9 Å². The number of hydrogen-bond acceptors (Lipinski definition) is 6. The van der Waals surface area contributed by atoms with Crippen molar-refractivity contribution in [1.82, 2.24) is 9.79 Å². The molecule has 29 heavy (non-hydrogen) atoms. The van der Waals surface area contributed by atoms with Crippen LogP contribution < -0.4 is 10.2 Å². The van der Waals surface area contributed by atoms with Crippen LogP contribution in [-0.2, 0) is 14.8 Å². The fourth-order valence-corrected chi connectivity index (χ4v) is 6.55. The summed E-state index contributed by atoms with van der Waals surface area (Å²) in [5.74, 6) is 0.913. The van der Waals surface area contributed by atoms with Crippen LogP contribution in [0.3, 0.4) is 0 Å². The highest BCUT2D eigenvalue weighted by atomic mass is 79.9. The number of amides is 1. The molecule has 7 nitrogen and oxygen atoms in total. The smallest absolute Gasteiger partial charge is 0.263 e. The lowest BCUT2D eigenvalue weighted by atomic mass is 10.0. The van der Waals surface area contributed by atoms with Crippen molar-refractivity contribution in [2.24, 2.45) is 0 Å². The minimum atomic E-state index is -3.95. The highest BCUT2D eigenvalue weighted by molar-refractivity contribution is 9.10. The van der Waals surface area contributed by atoms with Crippen molar-refractivity contribution in [2.75, 3.05) is 12.3 Å². The van der Waals surface area contributed by atoms with Crippen LogP contribution in [0.1, 0.15) is 13.8 Å². The summed E-state index contributed by atoms with van der Waals surface area (Å²) in [6, 6.07) is 12.3. The minimum Gasteiger partial charge on any atom is -0.457 e. The SMILES string of the molecule is CC1(C)SCCN(S(=O)(=O)c2ccc(Oc3ccc(Br)cc3)cc2)[C@H]1C(=O)NO. The number of hydrogen-bond donors (Lipinski definition) is 2. The average Bonchev–Trinajstić information content (AvgIpc) is 2.68. The third-order valence-electron chi connectivity index (χ3n) is 4.57. The first-order valence-electron chi connectivity index (χ1n) is 8.78. The van der Waals surface area contributed by atoms with Crippen molar-refractivity contribution in [3.63, 3.8) is 0 Å². The monoisotopic (exact) mass is 500 g/mol. The lowest BCUT2D eigenvalue weighted by Gasteiger charge is -2.43. The van der Waals surface area contributed by atoms with Crippen molar-refractivity contribution in [1.29, 1.82) is 0 Å². The van der Waals surface area contributed by atoms with Gasteiger partial charge in [0, 0.05) is 21.5 Å². The first-order valence-corrected chi connectivity index (χ1v) is 12.0. The molecule has 0 radical (unpaired) electrons. The van der Waals surface area contributed by atoms with E-state index in [1.54, 1.807) is 43.6 Å². The van der Waals surface area contributed by atoms with Gasteiger partial charge in [0.15, 0.2) is 0 Å². The van der Waals surface area contributed by atoms with E-state index in [9.17, 15) is 13.2 Å². The molecule has 0 aromatic heterocycles. The molecule has 1 heterocycles. The average molecular weight is 501 g/mol. The second kappa shape index (κ2) is 8.65. The zero-order valence-electron chi connectivity index (χ0n) is 15.8. The van der Waals surface area contributed by atoms with Gasteiger partial charge in [0.05, 0.1) is 4.90 Å². The molecule has 2 N–H and O–H groups in total. The van der Waals surface area contributed by atoms with E-state index in [0.29, 0.717) is 17.3 Å². The predicted molar refractivity (Wildman–Crippen MR) is 115 cm³/mol. The standard InChI is InChI=1S/C19H21BrN2O5S2/c1-19(2)17(18(23)21-24)22(11-12-28-19)29(25,26)16-9-7-15(8-10-16)27-14-5-3-13(20)4-6-14/h3-10,17,24H,11-12H2,1-2H3,(H,21,23)/t17-/m0/s1. The zero-order valence-corrected chi connectivity index (χ0v) is 19.1. The van der Waals surface area contributed by atoms with Crippen molar-refractivity contribution in [3.05, 3.63) is 53.0 Å². The summed E-state index contributed by atoms with van der Waals surface area (Å²) in [7, 11) is -3.95. The number of rotatable bonds is 5. The molecule has 0 aliphatic carbocycles. The largest absolute Gasteiger partial charge is 0.457 e. The number of benzene rings is 2. The molecule has 10 heteroatoms. The summed E-state index contributed by atoms with van der Waals surface area (Å²) in [6.45, 7) is 3.74. The van der Waals surface area contributed by atoms with E-state index in [0.717, 1.165) is 8.78 Å². The molecule has 1 fully saturated rings. The molecule has 156 valence electrons. The maximum Gasteiger partial charge on any atom is 0.263 e. The maximum atomic E-state index is 13.2. The first kappa shape index (κ1) is 22.1. The van der Waals surface area contributed by atoms with Gasteiger partial charge in [-0.3, -0.25) is 10.0 Å². The van der Waals surface area contributed by atoms with E-state index in [-0.39, 0.29) is 11.4 Å². The zero-order chi connectivity index (χ0) is 21.2. The molecule has 1 atom stereocenters. The third-order valence-corrected chi connectivity index (χ3v) is 8.33. The quantitative estimate of drug-likeness (QED) is 0.480. The number of sulfonamides is 1. The van der Waals surface area contributed by atoms with Gasteiger partial charge in [-0.05, 0) is 62.4 Å². The molecule has 1 saturated heterocycles. The van der Waals surface area contributed by atoms with Gasteiger partial charge in [0.25, 0.3) is 5.91 Å². The number of thioether (sulfide) groups is 1. The fourth-order valence-electron chi connectivity index (χ4n) is 3.17. The van der Waals surface area contributed by atoms with Gasteiger partial charge < -0.3 is 4.74 Å². The van der Waals surface area contributed by atoms with Gasteiger partial charge in [-0.25, -0.2) is 13.9 Å². The maximum absolute atomic E-state index is 13.2. The molecular weight excluding hydrogens is 480 g/mol. The lowest BCUT2D eigenvalue weighted by Crippen LogP contribution is -2.61. The van der Waals surface area contributed by atoms with Crippen LogP contribution in [0, 0.1) is 0 Å². The van der Waals surface area contributed by atoms with Gasteiger partial charge in [-0.15, -0.1) is 0 Å². The van der Waals surface area contributed by atoms with E-state index < -0.39 is 26.7 Å². The summed E-state index contributed by atoms with van der Waals surface area (Å²) in [6.07, 6.45) is 0. The predicted octanol–water partition coefficient (Wildman–Crippen LogP) is 3.63. The number of nitrogens with one attached hydrogen (secondary N) is 1. The molecule has 2 aromatic rings. The van der Waals surface area contributed by atoms with Gasteiger partial charge >= 0.3 is 0 Å². The Morgan fingerprint density at radius 3 is 2.28 bits per heavy atom. The van der Waals surface area contributed by atoms with Crippen LogP contribution in [0.2, 0.25) is 0 Å². The van der Waals surface area contributed by atoms with Gasteiger partial charge in [-0.1, -0.05) is 15.9 Å². The van der Waals surface area contributed by atoms with Crippen molar-refractivity contribution in [3.8, 4) is 11.5 Å². The summed E-state index contributed by atoms with van der Waals surface area (Å²) < 4.78 is 33.6. The lowest BCUT2D eigenvalue weighted by molar-refractivity contribution is -0.134. The normalized spacial score (nSPS) is 19.5. The van der Waals surface area contributed by atoms with Crippen LogP contribution in [-0.4, -0.2) is 46.9 Å². The summed E-state index contributed by atoms with van der Waals surface area (Å²) >= 11 is 4.85. The highest BCUT2D eigenvalue weighted by Crippen LogP contribution is 2.38. The highest BCUT2D eigenvalue weighted by Gasteiger charge is 2.48. The number of hydroxylamine groups is 1. The van der Waals surface area contributed by atoms with Gasteiger partial charge in [0.2, 0.25) is 10.0 Å². The van der Waals surface area contributed by atoms with Crippen LogP contribution in [0.25, 0.3) is 0 Å². The molecule has 0 spiro atoms. The summed E-state index contributed by atoms with van der Waals surface area (Å²) in [5, 5.41) is 9.12. The van der Waals surface area contributed by atoms with Crippen LogP contribution in [0.4, 0.5) is 0 Å². The van der Waals surface area contributed by atoms with Crippen molar-refractivity contribution in [2.45, 2.75) is 29.5 Å². The Hall–Kier alpha value is -1.59. The van der Waals surface area contributed by atoms with Gasteiger partial charge in [0.1, 0.15) is 17.5 Å². The van der Waals surface area contributed by atoms with Crippen LogP contribution >= 0.6 is 27.7 Å². The van der Waals surface area contributed by atoms with E-state index in [1.807, 2.05) is 12.1 Å². The molecule has 0 saturated carbocycles. The van der Waals surface area contributed by atoms with E-state index in [1.165, 1.54) is 23.9 Å². The second-order valence-electron chi connectivity index (χ2n) is 6.97. The molecule has 1 aliphatic rings. The number of halogens is 1. The Morgan fingerprint density at radius 1 is 1.17 bits per heavy atom. The number of carbonyl (C=O) groups excluding carboxylic acids is 1. The molecule has 2 aromatic carbocycles. The Labute approximate surface area is 182 Å². The Kier molecular flexibility index (Phi) is 6.59. The van der Waals surface area contributed by atoms with E-state index in [4.69, 9.17) is 9.94 Å². The van der Waals surface area contributed by atoms with Crippen LogP contribution in [0.5, 0.6) is 11.5 Å². The number of ether oxygens (including phenoxy) is 1. The van der Waals surface area contributed by atoms with Gasteiger partial charge in [-0.2, -0.15) is 16.1 Å². The molecule has 0 unspecified atom stereocenters. The number of carbonyl (C=O) groups is 1. The first-order chi connectivity index (χ1) is 13.6. The third kappa shape index (κ3) is 4.77. The number of nitrogens with zero attached hydrogens (tertiary/aromatic N) is 1. The topological polar surface area (TPSA) is 95.9 Å². The fraction of sp³-hybridized carbons (Fsp3) is 0.316. The Balaban J connectivity index is 1.86. The Bertz CT molecular complexity index is 979. The molecule has 3 rings (SSSR count). The molecular formula is C19H21BrN2O5S2. The molecule has 0 bridgehead atoms. The van der Waals surface area contributed by atoms with E-state index >= 15 is 0 Å². The van der Waals surface area contributed by atoms with Crippen molar-refractivity contribution >= 4 is 43.6 Å². The van der Waals surface area contributed by atoms with Crippen molar-refractivity contribution < 1.29 is 23.2 Å². The minimum absolute atomic E-state index is 0.0547. The summed E-state index contributed by atoms with van der Waals surface area (Å²) in [5.41, 5.74) is 1.60. The Morgan fingerprint density at radius 2 is 1.72 bits per heavy atom. The molecule has 1 aliphatic heterocycles. The molecule has 1 amide bonds. The van der Waals surface area contributed by atoms with E-state index in [2.05, 4.69) is 15.9 Å². The summed E-state index contributed by atoms with van der Waals surface area (Å²) in [4.78, 5) is 12.3. The second-order valence-corrected chi connectivity index (χ2v) is 11.5.